The maximum Gasteiger partial charge on any atom is 0.230 e. The molecule has 2 aliphatic rings. The molecule has 4 atom stereocenters. The van der Waals surface area contributed by atoms with Gasteiger partial charge >= 0.3 is 0 Å². The largest absolute Gasteiger partial charge is 0.327 e. The predicted octanol–water partition coefficient (Wildman–Crippen LogP) is 1.64. The Labute approximate surface area is 119 Å². The number of nitrogens with one attached hydrogen (secondary N) is 1. The summed E-state index contributed by atoms with van der Waals surface area (Å²) in [6.07, 6.45) is 5.19. The molecular formula is C13H21ClN4O. The number of hydrogen-bond acceptors (Lipinski definition) is 3. The van der Waals surface area contributed by atoms with E-state index in [0.29, 0.717) is 11.8 Å². The summed E-state index contributed by atoms with van der Waals surface area (Å²) in [7, 11) is 0. The maximum absolute atomic E-state index is 12.3. The molecule has 2 fully saturated rings. The number of amides is 1. The third-order valence-corrected chi connectivity index (χ3v) is 4.55. The van der Waals surface area contributed by atoms with Crippen LogP contribution in [0.3, 0.4) is 0 Å². The fraction of sp³-hybridized carbons (Fsp3) is 0.692. The smallest absolute Gasteiger partial charge is 0.230 e. The normalized spacial score (nSPS) is 32.1. The fourth-order valence-corrected chi connectivity index (χ4v) is 3.63. The van der Waals surface area contributed by atoms with Gasteiger partial charge in [-0.3, -0.25) is 4.79 Å². The predicted molar refractivity (Wildman–Crippen MR) is 76.1 cm³/mol. The molecule has 2 saturated carbocycles. The van der Waals surface area contributed by atoms with Crippen molar-refractivity contribution >= 4 is 24.1 Å². The highest BCUT2D eigenvalue weighted by atomic mass is 35.5. The van der Waals surface area contributed by atoms with Crippen molar-refractivity contribution in [1.82, 2.24) is 9.78 Å². The van der Waals surface area contributed by atoms with Crippen LogP contribution in [0.2, 0.25) is 0 Å². The van der Waals surface area contributed by atoms with Gasteiger partial charge in [-0.25, -0.2) is 4.68 Å². The quantitative estimate of drug-likeness (QED) is 0.886. The van der Waals surface area contributed by atoms with Crippen LogP contribution in [0.4, 0.5) is 5.82 Å². The second kappa shape index (κ2) is 5.51. The molecular weight excluding hydrogens is 264 g/mol. The molecule has 3 N–H and O–H groups in total. The zero-order valence-corrected chi connectivity index (χ0v) is 11.9. The number of nitrogens with zero attached hydrogens (tertiary/aromatic N) is 2. The van der Waals surface area contributed by atoms with E-state index in [1.165, 1.54) is 6.42 Å². The van der Waals surface area contributed by atoms with Crippen LogP contribution in [-0.4, -0.2) is 21.7 Å². The Kier molecular flexibility index (Phi) is 4.16. The zero-order valence-electron chi connectivity index (χ0n) is 11.1. The number of carbonyl (C=O) groups is 1. The summed E-state index contributed by atoms with van der Waals surface area (Å²) in [5, 5.41) is 7.13. The standard InChI is InChI=1S/C13H20N4O.ClH/c1-2-17-10(5-6-15-17)16-13(18)11-8-3-4-9(7-8)12(11)14;/h5-6,8-9,11-12H,2-4,7,14H2,1H3,(H,16,18);1H. The van der Waals surface area contributed by atoms with E-state index in [1.807, 2.05) is 13.0 Å². The molecule has 0 aliphatic heterocycles. The lowest BCUT2D eigenvalue weighted by Gasteiger charge is -2.26. The van der Waals surface area contributed by atoms with Crippen molar-refractivity contribution in [2.45, 2.75) is 38.8 Å². The molecule has 1 amide bonds. The van der Waals surface area contributed by atoms with Gasteiger partial charge < -0.3 is 11.1 Å². The molecule has 1 heterocycles. The second-order valence-corrected chi connectivity index (χ2v) is 5.46. The molecule has 106 valence electrons. The third kappa shape index (κ3) is 2.37. The zero-order chi connectivity index (χ0) is 12.7. The summed E-state index contributed by atoms with van der Waals surface area (Å²) < 4.78 is 1.79. The summed E-state index contributed by atoms with van der Waals surface area (Å²) in [5.41, 5.74) is 6.18. The lowest BCUT2D eigenvalue weighted by atomic mass is 9.84. The molecule has 1 aromatic heterocycles. The Morgan fingerprint density at radius 1 is 1.53 bits per heavy atom. The van der Waals surface area contributed by atoms with Crippen molar-refractivity contribution in [1.29, 1.82) is 0 Å². The molecule has 3 rings (SSSR count). The molecule has 4 unspecified atom stereocenters. The molecule has 0 saturated heterocycles. The van der Waals surface area contributed by atoms with E-state index < -0.39 is 0 Å². The number of aryl methyl sites for hydroxylation is 1. The minimum Gasteiger partial charge on any atom is -0.327 e. The van der Waals surface area contributed by atoms with Crippen molar-refractivity contribution in [3.8, 4) is 0 Å². The maximum atomic E-state index is 12.3. The van der Waals surface area contributed by atoms with Crippen LogP contribution >= 0.6 is 12.4 Å². The van der Waals surface area contributed by atoms with Gasteiger partial charge in [-0.15, -0.1) is 12.4 Å². The Morgan fingerprint density at radius 2 is 2.26 bits per heavy atom. The van der Waals surface area contributed by atoms with Crippen LogP contribution in [0.15, 0.2) is 12.3 Å². The number of rotatable bonds is 3. The molecule has 19 heavy (non-hydrogen) atoms. The van der Waals surface area contributed by atoms with Gasteiger partial charge in [0.15, 0.2) is 0 Å². The topological polar surface area (TPSA) is 72.9 Å². The van der Waals surface area contributed by atoms with Gasteiger partial charge in [0.25, 0.3) is 0 Å². The summed E-state index contributed by atoms with van der Waals surface area (Å²) >= 11 is 0. The van der Waals surface area contributed by atoms with Gasteiger partial charge in [-0.2, -0.15) is 5.10 Å². The molecule has 0 radical (unpaired) electrons. The first-order valence-corrected chi connectivity index (χ1v) is 6.79. The summed E-state index contributed by atoms with van der Waals surface area (Å²) in [4.78, 5) is 12.3. The molecule has 0 spiro atoms. The average Bonchev–Trinajstić information content (AvgIpc) is 3.03. The number of hydrogen-bond donors (Lipinski definition) is 2. The Bertz CT molecular complexity index is 459. The van der Waals surface area contributed by atoms with Crippen LogP contribution in [0.1, 0.15) is 26.2 Å². The molecule has 6 heteroatoms. The van der Waals surface area contributed by atoms with E-state index in [-0.39, 0.29) is 30.3 Å². The number of fused-ring (bicyclic) bond motifs is 2. The van der Waals surface area contributed by atoms with Crippen LogP contribution in [-0.2, 0) is 11.3 Å². The van der Waals surface area contributed by atoms with Crippen molar-refractivity contribution in [2.75, 3.05) is 5.32 Å². The number of aromatic nitrogens is 2. The summed E-state index contributed by atoms with van der Waals surface area (Å²) in [6.45, 7) is 2.76. The van der Waals surface area contributed by atoms with Crippen LogP contribution in [0.5, 0.6) is 0 Å². The van der Waals surface area contributed by atoms with Crippen molar-refractivity contribution in [3.63, 3.8) is 0 Å². The van der Waals surface area contributed by atoms with E-state index in [9.17, 15) is 4.79 Å². The third-order valence-electron chi connectivity index (χ3n) is 4.55. The average molecular weight is 285 g/mol. The fourth-order valence-electron chi connectivity index (χ4n) is 3.63. The first-order chi connectivity index (χ1) is 8.70. The van der Waals surface area contributed by atoms with Gasteiger partial charge in [0.05, 0.1) is 12.1 Å². The molecule has 1 aromatic rings. The second-order valence-electron chi connectivity index (χ2n) is 5.46. The van der Waals surface area contributed by atoms with Crippen LogP contribution in [0, 0.1) is 17.8 Å². The van der Waals surface area contributed by atoms with Crippen molar-refractivity contribution in [2.24, 2.45) is 23.5 Å². The van der Waals surface area contributed by atoms with Gasteiger partial charge in [-0.1, -0.05) is 0 Å². The number of halogens is 1. The lowest BCUT2D eigenvalue weighted by Crippen LogP contribution is -2.42. The van der Waals surface area contributed by atoms with Crippen molar-refractivity contribution in [3.05, 3.63) is 12.3 Å². The monoisotopic (exact) mass is 284 g/mol. The highest BCUT2D eigenvalue weighted by Gasteiger charge is 2.49. The molecule has 0 aromatic carbocycles. The Balaban J connectivity index is 0.00000133. The number of anilines is 1. The summed E-state index contributed by atoms with van der Waals surface area (Å²) in [5.74, 6) is 1.89. The van der Waals surface area contributed by atoms with E-state index in [0.717, 1.165) is 25.2 Å². The molecule has 5 nitrogen and oxygen atoms in total. The van der Waals surface area contributed by atoms with Gasteiger partial charge in [0, 0.05) is 18.7 Å². The van der Waals surface area contributed by atoms with Gasteiger partial charge in [0.1, 0.15) is 5.82 Å². The minimum absolute atomic E-state index is 0. The van der Waals surface area contributed by atoms with E-state index >= 15 is 0 Å². The SMILES string of the molecule is CCn1nccc1NC(=O)C1C2CCC(C2)C1N.Cl. The van der Waals surface area contributed by atoms with Crippen molar-refractivity contribution < 1.29 is 4.79 Å². The first-order valence-electron chi connectivity index (χ1n) is 6.79. The summed E-state index contributed by atoms with van der Waals surface area (Å²) in [6, 6.07) is 1.88. The Hall–Kier alpha value is -1.07. The highest BCUT2D eigenvalue weighted by molar-refractivity contribution is 5.92. The lowest BCUT2D eigenvalue weighted by molar-refractivity contribution is -0.121. The van der Waals surface area contributed by atoms with E-state index in [4.69, 9.17) is 5.73 Å². The number of carbonyl (C=O) groups excluding carboxylic acids is 1. The first kappa shape index (κ1) is 14.3. The van der Waals surface area contributed by atoms with Gasteiger partial charge in [0.2, 0.25) is 5.91 Å². The highest BCUT2D eigenvalue weighted by Crippen LogP contribution is 2.47. The Morgan fingerprint density at radius 3 is 2.89 bits per heavy atom. The van der Waals surface area contributed by atoms with Crippen LogP contribution in [0.25, 0.3) is 0 Å². The number of nitrogens with two attached hydrogens (primary N) is 1. The molecule has 2 bridgehead atoms. The minimum atomic E-state index is -0.0102. The van der Waals surface area contributed by atoms with Crippen LogP contribution < -0.4 is 11.1 Å². The van der Waals surface area contributed by atoms with Gasteiger partial charge in [-0.05, 0) is 38.0 Å². The van der Waals surface area contributed by atoms with E-state index in [2.05, 4.69) is 10.4 Å². The van der Waals surface area contributed by atoms with E-state index in [1.54, 1.807) is 10.9 Å². The molecule has 2 aliphatic carbocycles.